The molecule has 0 unspecified atom stereocenters. The number of anilines is 1. The van der Waals surface area contributed by atoms with E-state index in [1.165, 1.54) is 6.07 Å². The molecule has 2 rings (SSSR count). The van der Waals surface area contributed by atoms with E-state index in [-0.39, 0.29) is 11.6 Å². The Labute approximate surface area is 109 Å². The van der Waals surface area contributed by atoms with Crippen molar-refractivity contribution < 1.29 is 9.50 Å². The van der Waals surface area contributed by atoms with Crippen LogP contribution in [-0.4, -0.2) is 21.5 Å². The normalized spacial score (nSPS) is 10.6. The van der Waals surface area contributed by atoms with Crippen LogP contribution in [0.1, 0.15) is 5.56 Å². The molecule has 2 aromatic rings. The van der Waals surface area contributed by atoms with Gasteiger partial charge >= 0.3 is 0 Å². The Morgan fingerprint density at radius 3 is 3.06 bits per heavy atom. The highest BCUT2D eigenvalue weighted by atomic mass is 35.5. The number of rotatable bonds is 5. The molecule has 1 heterocycles. The fraction of sp³-hybridized carbons (Fsp3) is 0.250. The van der Waals surface area contributed by atoms with Crippen molar-refractivity contribution >= 4 is 17.3 Å². The minimum Gasteiger partial charge on any atom is -0.394 e. The molecule has 4 nitrogen and oxygen atoms in total. The van der Waals surface area contributed by atoms with Gasteiger partial charge in [0.15, 0.2) is 0 Å². The second-order valence-corrected chi connectivity index (χ2v) is 4.19. The summed E-state index contributed by atoms with van der Waals surface area (Å²) in [4.78, 5) is 0. The molecule has 1 aromatic carbocycles. The lowest BCUT2D eigenvalue weighted by Crippen LogP contribution is -2.03. The Balaban J connectivity index is 2.00. The summed E-state index contributed by atoms with van der Waals surface area (Å²) in [6, 6.07) is 4.89. The van der Waals surface area contributed by atoms with Crippen molar-refractivity contribution in [2.75, 3.05) is 11.9 Å². The summed E-state index contributed by atoms with van der Waals surface area (Å²) < 4.78 is 15.2. The number of nitrogens with one attached hydrogen (secondary N) is 1. The fourth-order valence-corrected chi connectivity index (χ4v) is 1.76. The molecule has 0 fully saturated rings. The van der Waals surface area contributed by atoms with Gasteiger partial charge < -0.3 is 10.4 Å². The van der Waals surface area contributed by atoms with Crippen LogP contribution in [0.25, 0.3) is 0 Å². The largest absolute Gasteiger partial charge is 0.394 e. The first kappa shape index (κ1) is 12.9. The van der Waals surface area contributed by atoms with E-state index in [1.807, 2.05) is 0 Å². The summed E-state index contributed by atoms with van der Waals surface area (Å²) in [6.45, 7) is 0.800. The maximum absolute atomic E-state index is 13.6. The maximum Gasteiger partial charge on any atom is 0.146 e. The van der Waals surface area contributed by atoms with Crippen LogP contribution < -0.4 is 5.32 Å². The number of nitrogens with zero attached hydrogens (tertiary/aromatic N) is 2. The molecule has 0 spiro atoms. The molecule has 0 saturated heterocycles. The third-order valence-corrected chi connectivity index (χ3v) is 2.77. The summed E-state index contributed by atoms with van der Waals surface area (Å²) >= 11 is 5.69. The topological polar surface area (TPSA) is 50.1 Å². The molecule has 0 aliphatic carbocycles. The second kappa shape index (κ2) is 5.84. The van der Waals surface area contributed by atoms with Gasteiger partial charge in [0.2, 0.25) is 0 Å². The average Bonchev–Trinajstić information content (AvgIpc) is 2.79. The summed E-state index contributed by atoms with van der Waals surface area (Å²) in [5.74, 6) is -0.408. The second-order valence-electron chi connectivity index (χ2n) is 3.78. The molecule has 0 saturated carbocycles. The molecule has 0 bridgehead atoms. The van der Waals surface area contributed by atoms with Crippen molar-refractivity contribution in [2.24, 2.45) is 0 Å². The van der Waals surface area contributed by atoms with Crippen LogP contribution in [-0.2, 0) is 13.1 Å². The first-order valence-corrected chi connectivity index (χ1v) is 5.88. The van der Waals surface area contributed by atoms with E-state index in [0.717, 1.165) is 5.69 Å². The van der Waals surface area contributed by atoms with Gasteiger partial charge in [-0.15, -0.1) is 0 Å². The van der Waals surface area contributed by atoms with Crippen LogP contribution in [0.4, 0.5) is 10.1 Å². The lowest BCUT2D eigenvalue weighted by molar-refractivity contribution is 0.269. The molecule has 0 aliphatic rings. The highest BCUT2D eigenvalue weighted by molar-refractivity contribution is 6.30. The molecule has 1 aromatic heterocycles. The monoisotopic (exact) mass is 269 g/mol. The van der Waals surface area contributed by atoms with Crippen LogP contribution in [0, 0.1) is 5.82 Å². The molecule has 0 atom stereocenters. The zero-order valence-corrected chi connectivity index (χ0v) is 10.4. The van der Waals surface area contributed by atoms with Gasteiger partial charge in [0, 0.05) is 18.3 Å². The van der Waals surface area contributed by atoms with Crippen molar-refractivity contribution in [3.63, 3.8) is 0 Å². The summed E-state index contributed by atoms with van der Waals surface area (Å²) in [5, 5.41) is 16.0. The Hall–Kier alpha value is -1.59. The number of halogens is 2. The van der Waals surface area contributed by atoms with Crippen LogP contribution in [0.2, 0.25) is 5.02 Å². The molecule has 2 N–H and O–H groups in total. The molecule has 96 valence electrons. The number of aromatic nitrogens is 2. The van der Waals surface area contributed by atoms with Crippen molar-refractivity contribution in [3.05, 3.63) is 47.0 Å². The van der Waals surface area contributed by atoms with E-state index < -0.39 is 5.82 Å². The number of aliphatic hydroxyl groups is 1. The van der Waals surface area contributed by atoms with Gasteiger partial charge in [-0.2, -0.15) is 5.10 Å². The Bertz CT molecular complexity index is 530. The molecule has 0 radical (unpaired) electrons. The average molecular weight is 270 g/mol. The van der Waals surface area contributed by atoms with Crippen molar-refractivity contribution in [2.45, 2.75) is 13.1 Å². The van der Waals surface area contributed by atoms with Gasteiger partial charge in [-0.3, -0.25) is 4.68 Å². The lowest BCUT2D eigenvalue weighted by atomic mass is 10.2. The molecule has 0 amide bonds. The Morgan fingerprint density at radius 2 is 2.28 bits per heavy atom. The first-order chi connectivity index (χ1) is 8.70. The Morgan fingerprint density at radius 1 is 1.44 bits per heavy atom. The van der Waals surface area contributed by atoms with Crippen LogP contribution >= 0.6 is 11.6 Å². The van der Waals surface area contributed by atoms with E-state index in [4.69, 9.17) is 16.7 Å². The summed E-state index contributed by atoms with van der Waals surface area (Å²) in [7, 11) is 0. The van der Waals surface area contributed by atoms with E-state index in [2.05, 4.69) is 10.4 Å². The zero-order valence-electron chi connectivity index (χ0n) is 9.61. The van der Waals surface area contributed by atoms with E-state index >= 15 is 0 Å². The molecule has 0 aliphatic heterocycles. The molecule has 6 heteroatoms. The first-order valence-electron chi connectivity index (χ1n) is 5.51. The quantitative estimate of drug-likeness (QED) is 0.876. The predicted molar refractivity (Wildman–Crippen MR) is 68.0 cm³/mol. The van der Waals surface area contributed by atoms with E-state index in [9.17, 15) is 4.39 Å². The third kappa shape index (κ3) is 3.00. The number of hydrogen-bond donors (Lipinski definition) is 2. The van der Waals surface area contributed by atoms with Gasteiger partial charge in [-0.05, 0) is 6.07 Å². The SMILES string of the molecule is OCCn1cc(NCc2cccc(Cl)c2F)cn1. The van der Waals surface area contributed by atoms with Gasteiger partial charge in [0.1, 0.15) is 5.82 Å². The molecular weight excluding hydrogens is 257 g/mol. The van der Waals surface area contributed by atoms with E-state index in [0.29, 0.717) is 18.7 Å². The van der Waals surface area contributed by atoms with Crippen LogP contribution in [0.5, 0.6) is 0 Å². The van der Waals surface area contributed by atoms with Gasteiger partial charge in [0.05, 0.1) is 30.1 Å². The maximum atomic E-state index is 13.6. The van der Waals surface area contributed by atoms with Crippen LogP contribution in [0.15, 0.2) is 30.6 Å². The highest BCUT2D eigenvalue weighted by Crippen LogP contribution is 2.18. The Kier molecular flexibility index (Phi) is 4.17. The predicted octanol–water partition coefficient (Wildman–Crippen LogP) is 2.28. The molecular formula is C12H13ClFN3O. The van der Waals surface area contributed by atoms with E-state index in [1.54, 1.807) is 29.2 Å². The number of hydrogen-bond acceptors (Lipinski definition) is 3. The lowest BCUT2D eigenvalue weighted by Gasteiger charge is -2.05. The van der Waals surface area contributed by atoms with Crippen LogP contribution in [0.3, 0.4) is 0 Å². The smallest absolute Gasteiger partial charge is 0.146 e. The minimum atomic E-state index is -0.408. The van der Waals surface area contributed by atoms with Crippen molar-refractivity contribution in [3.8, 4) is 0 Å². The number of aliphatic hydroxyl groups excluding tert-OH is 1. The summed E-state index contributed by atoms with van der Waals surface area (Å²) in [6.07, 6.45) is 3.37. The fourth-order valence-electron chi connectivity index (χ4n) is 1.56. The third-order valence-electron chi connectivity index (χ3n) is 2.48. The van der Waals surface area contributed by atoms with Gasteiger partial charge in [0.25, 0.3) is 0 Å². The van der Waals surface area contributed by atoms with Gasteiger partial charge in [-0.1, -0.05) is 23.7 Å². The van der Waals surface area contributed by atoms with Crippen molar-refractivity contribution in [1.29, 1.82) is 0 Å². The highest BCUT2D eigenvalue weighted by Gasteiger charge is 2.06. The minimum absolute atomic E-state index is 0.0318. The zero-order chi connectivity index (χ0) is 13.0. The summed E-state index contributed by atoms with van der Waals surface area (Å²) in [5.41, 5.74) is 1.26. The standard InChI is InChI=1S/C12H13ClFN3O/c13-11-3-1-2-9(12(11)14)6-15-10-7-16-17(8-10)4-5-18/h1-3,7-8,15,18H,4-6H2. The van der Waals surface area contributed by atoms with Gasteiger partial charge in [-0.25, -0.2) is 4.39 Å². The van der Waals surface area contributed by atoms with Crippen molar-refractivity contribution in [1.82, 2.24) is 9.78 Å². The molecule has 18 heavy (non-hydrogen) atoms. The number of benzene rings is 1.